The molecule has 0 saturated heterocycles. The summed E-state index contributed by atoms with van der Waals surface area (Å²) >= 11 is 1.45. The van der Waals surface area contributed by atoms with Crippen LogP contribution in [0.2, 0.25) is 0 Å². The Kier molecular flexibility index (Phi) is 3.51. The number of rotatable bonds is 2. The fraction of sp³-hybridized carbons (Fsp3) is 0. The smallest absolute Gasteiger partial charge is 0.265 e. The Balaban J connectivity index is 1.87. The highest BCUT2D eigenvalue weighted by atomic mass is 32.1. The molecule has 24 heavy (non-hydrogen) atoms. The largest absolute Gasteiger partial charge is 0.508 e. The molecule has 0 bridgehead atoms. The topological polar surface area (TPSA) is 78.9 Å². The Labute approximate surface area is 140 Å². The van der Waals surface area contributed by atoms with Crippen molar-refractivity contribution in [2.24, 2.45) is 5.16 Å². The summed E-state index contributed by atoms with van der Waals surface area (Å²) in [5, 5.41) is 25.5. The van der Waals surface area contributed by atoms with Crippen LogP contribution in [0.15, 0.2) is 69.6 Å². The van der Waals surface area contributed by atoms with Crippen LogP contribution in [0.1, 0.15) is 0 Å². The van der Waals surface area contributed by atoms with Crippen LogP contribution in [0.3, 0.4) is 0 Å². The van der Waals surface area contributed by atoms with E-state index in [9.17, 15) is 10.3 Å². The molecule has 0 spiro atoms. The van der Waals surface area contributed by atoms with Crippen molar-refractivity contribution in [2.75, 3.05) is 0 Å². The van der Waals surface area contributed by atoms with E-state index in [1.54, 1.807) is 12.1 Å². The monoisotopic (exact) mass is 336 g/mol. The van der Waals surface area contributed by atoms with E-state index in [-0.39, 0.29) is 11.3 Å². The lowest BCUT2D eigenvalue weighted by Crippen LogP contribution is -2.05. The van der Waals surface area contributed by atoms with Crippen molar-refractivity contribution in [2.45, 2.75) is 0 Å². The summed E-state index contributed by atoms with van der Waals surface area (Å²) in [6.45, 7) is 0. The van der Waals surface area contributed by atoms with E-state index >= 15 is 0 Å². The van der Waals surface area contributed by atoms with Gasteiger partial charge in [0.15, 0.2) is 0 Å². The Morgan fingerprint density at radius 2 is 1.88 bits per heavy atom. The van der Waals surface area contributed by atoms with Gasteiger partial charge in [-0.2, -0.15) is 0 Å². The highest BCUT2D eigenvalue weighted by Crippen LogP contribution is 2.29. The van der Waals surface area contributed by atoms with Crippen LogP contribution in [-0.4, -0.2) is 15.3 Å². The van der Waals surface area contributed by atoms with Gasteiger partial charge in [-0.1, -0.05) is 30.3 Å². The van der Waals surface area contributed by atoms with Gasteiger partial charge in [0.25, 0.3) is 5.55 Å². The van der Waals surface area contributed by atoms with Crippen LogP contribution >= 0.6 is 11.3 Å². The standard InChI is InChI=1S/C18H12N2O3S/c21-13-7-6-12-8-14(17(20-22)23-16(12)9-13)18-19-15(10-24-18)11-4-2-1-3-5-11/h1-10,21-22H/b20-17+. The summed E-state index contributed by atoms with van der Waals surface area (Å²) in [6, 6.07) is 16.5. The van der Waals surface area contributed by atoms with Gasteiger partial charge in [-0.25, -0.2) is 4.98 Å². The number of phenolic OH excluding ortho intramolecular Hbond substituents is 1. The average molecular weight is 336 g/mol. The summed E-state index contributed by atoms with van der Waals surface area (Å²) in [6.07, 6.45) is 0. The van der Waals surface area contributed by atoms with Gasteiger partial charge in [0.1, 0.15) is 16.3 Å². The van der Waals surface area contributed by atoms with Crippen LogP contribution < -0.4 is 5.55 Å². The molecule has 2 N–H and O–H groups in total. The Bertz CT molecular complexity index is 1080. The van der Waals surface area contributed by atoms with Crippen molar-refractivity contribution < 1.29 is 14.7 Å². The minimum absolute atomic E-state index is 0.0575. The van der Waals surface area contributed by atoms with Crippen LogP contribution in [-0.2, 0) is 0 Å². The number of aromatic nitrogens is 1. The molecule has 0 atom stereocenters. The van der Waals surface area contributed by atoms with Gasteiger partial charge in [0.2, 0.25) is 0 Å². The van der Waals surface area contributed by atoms with Crippen molar-refractivity contribution in [1.82, 2.24) is 4.98 Å². The van der Waals surface area contributed by atoms with E-state index < -0.39 is 0 Å². The quantitative estimate of drug-likeness (QED) is 0.424. The number of benzene rings is 2. The van der Waals surface area contributed by atoms with Gasteiger partial charge in [0, 0.05) is 22.4 Å². The molecule has 118 valence electrons. The maximum atomic E-state index is 9.55. The molecule has 0 aliphatic rings. The molecule has 0 amide bonds. The third kappa shape index (κ3) is 2.53. The molecule has 4 aromatic rings. The zero-order valence-electron chi connectivity index (χ0n) is 12.4. The molecular weight excluding hydrogens is 324 g/mol. The summed E-state index contributed by atoms with van der Waals surface area (Å²) in [5.41, 5.74) is 2.96. The van der Waals surface area contributed by atoms with E-state index in [1.165, 1.54) is 17.4 Å². The van der Waals surface area contributed by atoms with Gasteiger partial charge < -0.3 is 14.7 Å². The van der Waals surface area contributed by atoms with E-state index in [0.717, 1.165) is 16.6 Å². The van der Waals surface area contributed by atoms with E-state index in [4.69, 9.17) is 4.42 Å². The summed E-state index contributed by atoms with van der Waals surface area (Å²) in [7, 11) is 0. The molecule has 4 rings (SSSR count). The molecule has 5 nitrogen and oxygen atoms in total. The Hall–Kier alpha value is -3.12. The highest BCUT2D eigenvalue weighted by molar-refractivity contribution is 7.13. The first-order valence-corrected chi connectivity index (χ1v) is 8.09. The predicted octanol–water partition coefficient (Wildman–Crippen LogP) is 4.22. The van der Waals surface area contributed by atoms with E-state index in [2.05, 4.69) is 10.1 Å². The number of phenols is 1. The molecule has 2 aromatic carbocycles. The molecular formula is C18H12N2O3S. The fourth-order valence-electron chi connectivity index (χ4n) is 2.47. The first-order chi connectivity index (χ1) is 11.7. The third-order valence-electron chi connectivity index (χ3n) is 3.63. The van der Waals surface area contributed by atoms with Crippen LogP contribution in [0.5, 0.6) is 5.75 Å². The Morgan fingerprint density at radius 1 is 1.04 bits per heavy atom. The van der Waals surface area contributed by atoms with Crippen LogP contribution in [0, 0.1) is 0 Å². The van der Waals surface area contributed by atoms with Crippen molar-refractivity contribution >= 4 is 22.3 Å². The number of aromatic hydroxyl groups is 1. The van der Waals surface area contributed by atoms with Crippen LogP contribution in [0.4, 0.5) is 0 Å². The average Bonchev–Trinajstić information content (AvgIpc) is 3.11. The second-order valence-electron chi connectivity index (χ2n) is 5.19. The maximum Gasteiger partial charge on any atom is 0.265 e. The molecule has 0 unspecified atom stereocenters. The number of hydrogen-bond acceptors (Lipinski definition) is 6. The number of thiazole rings is 1. The highest BCUT2D eigenvalue weighted by Gasteiger charge is 2.12. The summed E-state index contributed by atoms with van der Waals surface area (Å²) in [5.74, 6) is 0.0866. The van der Waals surface area contributed by atoms with Crippen LogP contribution in [0.25, 0.3) is 32.8 Å². The zero-order chi connectivity index (χ0) is 16.5. The van der Waals surface area contributed by atoms with Gasteiger partial charge in [-0.3, -0.25) is 0 Å². The molecule has 0 saturated carbocycles. The normalized spacial score (nSPS) is 11.9. The second kappa shape index (κ2) is 5.82. The van der Waals surface area contributed by atoms with Gasteiger partial charge in [-0.05, 0) is 23.4 Å². The lowest BCUT2D eigenvalue weighted by atomic mass is 10.1. The van der Waals surface area contributed by atoms with E-state index in [1.807, 2.05) is 41.8 Å². The second-order valence-corrected chi connectivity index (χ2v) is 6.05. The number of fused-ring (bicyclic) bond motifs is 1. The maximum absolute atomic E-state index is 9.55. The predicted molar refractivity (Wildman–Crippen MR) is 91.8 cm³/mol. The SMILES string of the molecule is O/N=c1/oc2cc(O)ccc2cc1-c1nc(-c2ccccc2)cs1. The number of nitrogens with zero attached hydrogens (tertiary/aromatic N) is 2. The molecule has 0 aliphatic carbocycles. The molecule has 0 fully saturated rings. The summed E-state index contributed by atoms with van der Waals surface area (Å²) in [4.78, 5) is 4.62. The van der Waals surface area contributed by atoms with E-state index in [0.29, 0.717) is 16.2 Å². The first kappa shape index (κ1) is 14.5. The van der Waals surface area contributed by atoms with Gasteiger partial charge in [0.05, 0.1) is 11.3 Å². The molecule has 0 aliphatic heterocycles. The Morgan fingerprint density at radius 3 is 2.67 bits per heavy atom. The van der Waals surface area contributed by atoms with Gasteiger partial charge >= 0.3 is 0 Å². The molecule has 6 heteroatoms. The third-order valence-corrected chi connectivity index (χ3v) is 4.50. The first-order valence-electron chi connectivity index (χ1n) is 7.21. The van der Waals surface area contributed by atoms with Crippen molar-refractivity contribution in [3.05, 3.63) is 65.5 Å². The van der Waals surface area contributed by atoms with Crippen molar-refractivity contribution in [1.29, 1.82) is 0 Å². The molecule has 0 radical (unpaired) electrons. The van der Waals surface area contributed by atoms with Crippen molar-refractivity contribution in [3.8, 4) is 27.6 Å². The lowest BCUT2D eigenvalue weighted by molar-refractivity contribution is 0.277. The molecule has 2 aromatic heterocycles. The number of hydrogen-bond donors (Lipinski definition) is 2. The zero-order valence-corrected chi connectivity index (χ0v) is 13.2. The lowest BCUT2D eigenvalue weighted by Gasteiger charge is -2.02. The molecule has 2 heterocycles. The van der Waals surface area contributed by atoms with Crippen molar-refractivity contribution in [3.63, 3.8) is 0 Å². The minimum Gasteiger partial charge on any atom is -0.508 e. The van der Waals surface area contributed by atoms with Gasteiger partial charge in [-0.15, -0.1) is 11.3 Å². The summed E-state index contributed by atoms with van der Waals surface area (Å²) < 4.78 is 5.58. The fourth-order valence-corrected chi connectivity index (χ4v) is 3.31. The minimum atomic E-state index is 0.0575.